The van der Waals surface area contributed by atoms with Crippen molar-refractivity contribution in [2.24, 2.45) is 0 Å². The first kappa shape index (κ1) is 9.33. The van der Waals surface area contributed by atoms with Gasteiger partial charge in [0.25, 0.3) is 0 Å². The summed E-state index contributed by atoms with van der Waals surface area (Å²) in [6.45, 7) is 4.26. The van der Waals surface area contributed by atoms with Crippen molar-refractivity contribution >= 4 is 21.8 Å². The van der Waals surface area contributed by atoms with Crippen molar-refractivity contribution in [3.05, 3.63) is 36.7 Å². The van der Waals surface area contributed by atoms with E-state index < -0.39 is 0 Å². The predicted octanol–water partition coefficient (Wildman–Crippen LogP) is 3.17. The normalized spacial score (nSPS) is 11.7. The zero-order valence-electron chi connectivity index (χ0n) is 9.38. The zero-order chi connectivity index (χ0) is 11.1. The van der Waals surface area contributed by atoms with E-state index in [1.807, 2.05) is 29.1 Å². The predicted molar refractivity (Wildman–Crippen MR) is 65.4 cm³/mol. The highest BCUT2D eigenvalue weighted by atomic mass is 15.3. The van der Waals surface area contributed by atoms with Crippen molar-refractivity contribution in [1.82, 2.24) is 14.8 Å². The molecule has 80 valence electrons. The maximum atomic E-state index is 4.55. The van der Waals surface area contributed by atoms with Gasteiger partial charge in [-0.05, 0) is 32.0 Å². The first-order chi connectivity index (χ1) is 7.75. The number of nitrogens with zero attached hydrogens (tertiary/aromatic N) is 3. The Labute approximate surface area is 93.7 Å². The van der Waals surface area contributed by atoms with E-state index in [1.165, 1.54) is 10.8 Å². The van der Waals surface area contributed by atoms with E-state index in [4.69, 9.17) is 0 Å². The molecule has 0 bridgehead atoms. The number of hydrogen-bond acceptors (Lipinski definition) is 2. The Morgan fingerprint density at radius 1 is 1.06 bits per heavy atom. The average molecular weight is 211 g/mol. The number of benzene rings is 1. The molecule has 0 aliphatic carbocycles. The SMILES string of the molecule is CC(C)n1cc2c(ccc3ncccc32)n1. The Morgan fingerprint density at radius 3 is 2.69 bits per heavy atom. The third kappa shape index (κ3) is 1.28. The van der Waals surface area contributed by atoms with Crippen LogP contribution in [0.25, 0.3) is 21.8 Å². The highest BCUT2D eigenvalue weighted by Gasteiger charge is 2.06. The van der Waals surface area contributed by atoms with E-state index in [1.54, 1.807) is 0 Å². The summed E-state index contributed by atoms with van der Waals surface area (Å²) < 4.78 is 2.00. The smallest absolute Gasteiger partial charge is 0.0931 e. The lowest BCUT2D eigenvalue weighted by molar-refractivity contribution is 0.537. The molecule has 0 saturated carbocycles. The van der Waals surface area contributed by atoms with Gasteiger partial charge in [-0.3, -0.25) is 9.67 Å². The second-order valence-corrected chi connectivity index (χ2v) is 4.27. The topological polar surface area (TPSA) is 30.7 Å². The van der Waals surface area contributed by atoms with Crippen molar-refractivity contribution in [2.45, 2.75) is 19.9 Å². The van der Waals surface area contributed by atoms with Gasteiger partial charge in [-0.15, -0.1) is 0 Å². The van der Waals surface area contributed by atoms with Crippen LogP contribution in [-0.4, -0.2) is 14.8 Å². The van der Waals surface area contributed by atoms with Crippen LogP contribution in [0, 0.1) is 0 Å². The van der Waals surface area contributed by atoms with Gasteiger partial charge in [0.2, 0.25) is 0 Å². The van der Waals surface area contributed by atoms with Gasteiger partial charge in [0.1, 0.15) is 0 Å². The minimum absolute atomic E-state index is 0.388. The summed E-state index contributed by atoms with van der Waals surface area (Å²) in [6.07, 6.45) is 3.92. The fourth-order valence-corrected chi connectivity index (χ4v) is 1.94. The summed E-state index contributed by atoms with van der Waals surface area (Å²) in [5, 5.41) is 6.90. The fourth-order valence-electron chi connectivity index (χ4n) is 1.94. The molecular formula is C13H13N3. The van der Waals surface area contributed by atoms with Crippen molar-refractivity contribution in [3.8, 4) is 0 Å². The van der Waals surface area contributed by atoms with Gasteiger partial charge in [0, 0.05) is 29.2 Å². The van der Waals surface area contributed by atoms with Crippen LogP contribution < -0.4 is 0 Å². The second kappa shape index (κ2) is 3.30. The third-order valence-corrected chi connectivity index (χ3v) is 2.82. The maximum absolute atomic E-state index is 4.55. The molecule has 0 atom stereocenters. The highest BCUT2D eigenvalue weighted by Crippen LogP contribution is 2.23. The van der Waals surface area contributed by atoms with Crippen molar-refractivity contribution in [3.63, 3.8) is 0 Å². The number of hydrogen-bond donors (Lipinski definition) is 0. The van der Waals surface area contributed by atoms with Crippen molar-refractivity contribution < 1.29 is 0 Å². The van der Waals surface area contributed by atoms with Gasteiger partial charge in [0.15, 0.2) is 0 Å². The molecule has 16 heavy (non-hydrogen) atoms. The van der Waals surface area contributed by atoms with Crippen LogP contribution in [0.4, 0.5) is 0 Å². The van der Waals surface area contributed by atoms with E-state index >= 15 is 0 Å². The van der Waals surface area contributed by atoms with Crippen LogP contribution >= 0.6 is 0 Å². The molecule has 3 nitrogen and oxygen atoms in total. The lowest BCUT2D eigenvalue weighted by Crippen LogP contribution is -1.99. The molecule has 2 aromatic heterocycles. The molecule has 0 radical (unpaired) electrons. The van der Waals surface area contributed by atoms with E-state index in [0.717, 1.165) is 11.0 Å². The van der Waals surface area contributed by atoms with Crippen molar-refractivity contribution in [2.75, 3.05) is 0 Å². The van der Waals surface area contributed by atoms with Crippen molar-refractivity contribution in [1.29, 1.82) is 0 Å². The Hall–Kier alpha value is -1.90. The Morgan fingerprint density at radius 2 is 1.88 bits per heavy atom. The summed E-state index contributed by atoms with van der Waals surface area (Å²) >= 11 is 0. The summed E-state index contributed by atoms with van der Waals surface area (Å²) in [5.41, 5.74) is 2.06. The zero-order valence-corrected chi connectivity index (χ0v) is 9.38. The quantitative estimate of drug-likeness (QED) is 0.619. The molecule has 0 fully saturated rings. The molecule has 3 rings (SSSR count). The van der Waals surface area contributed by atoms with Crippen LogP contribution in [0.1, 0.15) is 19.9 Å². The lowest BCUT2D eigenvalue weighted by atomic mass is 10.1. The molecule has 1 aromatic carbocycles. The van der Waals surface area contributed by atoms with E-state index in [-0.39, 0.29) is 0 Å². The summed E-state index contributed by atoms with van der Waals surface area (Å²) in [5.74, 6) is 0. The van der Waals surface area contributed by atoms with Gasteiger partial charge in [0.05, 0.1) is 11.0 Å². The lowest BCUT2D eigenvalue weighted by Gasteiger charge is -2.02. The Balaban J connectivity index is 2.41. The molecule has 0 unspecified atom stereocenters. The number of fused-ring (bicyclic) bond motifs is 3. The Kier molecular flexibility index (Phi) is 1.93. The van der Waals surface area contributed by atoms with E-state index in [9.17, 15) is 0 Å². The van der Waals surface area contributed by atoms with Crippen LogP contribution in [-0.2, 0) is 0 Å². The standard InChI is InChI=1S/C13H13N3/c1-9(2)16-8-11-10-4-3-7-14-12(10)5-6-13(11)15-16/h3-9H,1-2H3. The number of aromatic nitrogens is 3. The molecule has 0 amide bonds. The molecule has 0 aliphatic rings. The Bertz CT molecular complexity index is 652. The average Bonchev–Trinajstić information content (AvgIpc) is 2.73. The molecule has 3 aromatic rings. The third-order valence-electron chi connectivity index (χ3n) is 2.82. The monoisotopic (exact) mass is 211 g/mol. The first-order valence-corrected chi connectivity index (χ1v) is 5.48. The van der Waals surface area contributed by atoms with Gasteiger partial charge in [-0.1, -0.05) is 6.07 Å². The molecule has 0 aliphatic heterocycles. The minimum Gasteiger partial charge on any atom is -0.269 e. The molecule has 0 saturated heterocycles. The fraction of sp³-hybridized carbons (Fsp3) is 0.231. The number of pyridine rings is 1. The molecule has 0 N–H and O–H groups in total. The van der Waals surface area contributed by atoms with Gasteiger partial charge in [-0.2, -0.15) is 5.10 Å². The minimum atomic E-state index is 0.388. The van der Waals surface area contributed by atoms with Gasteiger partial charge >= 0.3 is 0 Å². The maximum Gasteiger partial charge on any atom is 0.0931 e. The van der Waals surface area contributed by atoms with Gasteiger partial charge < -0.3 is 0 Å². The molecule has 2 heterocycles. The summed E-state index contributed by atoms with van der Waals surface area (Å²) in [7, 11) is 0. The van der Waals surface area contributed by atoms with Crippen LogP contribution in [0.15, 0.2) is 36.7 Å². The summed E-state index contributed by atoms with van der Waals surface area (Å²) in [4.78, 5) is 4.35. The van der Waals surface area contributed by atoms with Crippen LogP contribution in [0.3, 0.4) is 0 Å². The number of rotatable bonds is 1. The first-order valence-electron chi connectivity index (χ1n) is 5.48. The largest absolute Gasteiger partial charge is 0.269 e. The van der Waals surface area contributed by atoms with Crippen LogP contribution in [0.2, 0.25) is 0 Å². The van der Waals surface area contributed by atoms with E-state index in [0.29, 0.717) is 6.04 Å². The van der Waals surface area contributed by atoms with Crippen LogP contribution in [0.5, 0.6) is 0 Å². The van der Waals surface area contributed by atoms with Gasteiger partial charge in [-0.25, -0.2) is 0 Å². The molecular weight excluding hydrogens is 198 g/mol. The summed E-state index contributed by atoms with van der Waals surface area (Å²) in [6, 6.07) is 8.50. The highest BCUT2D eigenvalue weighted by molar-refractivity contribution is 6.04. The molecule has 0 spiro atoms. The van der Waals surface area contributed by atoms with E-state index in [2.05, 4.69) is 36.2 Å². The molecule has 3 heteroatoms. The second-order valence-electron chi connectivity index (χ2n) is 4.27.